The van der Waals surface area contributed by atoms with Gasteiger partial charge in [0, 0.05) is 35.4 Å². The van der Waals surface area contributed by atoms with Crippen LogP contribution in [-0.4, -0.2) is 11.5 Å². The summed E-state index contributed by atoms with van der Waals surface area (Å²) in [5, 5.41) is 6.63. The summed E-state index contributed by atoms with van der Waals surface area (Å²) in [6.45, 7) is 4.95. The highest BCUT2D eigenvalue weighted by atomic mass is 32.1. The van der Waals surface area contributed by atoms with Crippen molar-refractivity contribution in [3.05, 3.63) is 39.8 Å². The van der Waals surface area contributed by atoms with E-state index in [-0.39, 0.29) is 0 Å². The molecule has 3 nitrogen and oxygen atoms in total. The lowest BCUT2D eigenvalue weighted by atomic mass is 10.2. The molecule has 0 spiro atoms. The van der Waals surface area contributed by atoms with Crippen molar-refractivity contribution >= 4 is 22.7 Å². The average molecular weight is 247 g/mol. The quantitative estimate of drug-likeness (QED) is 0.817. The predicted octanol–water partition coefficient (Wildman–Crippen LogP) is 3.00. The van der Waals surface area contributed by atoms with E-state index in [4.69, 9.17) is 5.73 Å². The maximum Gasteiger partial charge on any atom is 0.0945 e. The zero-order chi connectivity index (χ0) is 12.3. The molecule has 1 aromatic heterocycles. The molecule has 0 amide bonds. The Kier molecular flexibility index (Phi) is 3.64. The fourth-order valence-corrected chi connectivity index (χ4v) is 2.52. The second-order valence-electron chi connectivity index (χ2n) is 4.19. The van der Waals surface area contributed by atoms with Gasteiger partial charge in [-0.25, -0.2) is 4.98 Å². The highest BCUT2D eigenvalue weighted by molar-refractivity contribution is 7.09. The van der Waals surface area contributed by atoms with Crippen molar-refractivity contribution in [2.45, 2.75) is 20.3 Å². The van der Waals surface area contributed by atoms with Gasteiger partial charge in [-0.05, 0) is 37.6 Å². The molecule has 0 saturated carbocycles. The van der Waals surface area contributed by atoms with Crippen LogP contribution in [0.15, 0.2) is 23.6 Å². The number of anilines is 2. The van der Waals surface area contributed by atoms with E-state index < -0.39 is 0 Å². The topological polar surface area (TPSA) is 50.9 Å². The molecule has 0 unspecified atom stereocenters. The number of rotatable bonds is 4. The standard InChI is InChI=1S/C13H17N3S/c1-9-5-11(14)7-12(6-9)15-4-3-13-16-10(2)8-17-13/h5-8,15H,3-4,14H2,1-2H3. The van der Waals surface area contributed by atoms with Crippen LogP contribution in [0, 0.1) is 13.8 Å². The number of nitrogen functional groups attached to an aromatic ring is 1. The Morgan fingerprint density at radius 3 is 2.76 bits per heavy atom. The van der Waals surface area contributed by atoms with Gasteiger partial charge >= 0.3 is 0 Å². The molecule has 0 aliphatic rings. The second-order valence-corrected chi connectivity index (χ2v) is 5.13. The first-order chi connectivity index (χ1) is 8.13. The van der Waals surface area contributed by atoms with Crippen LogP contribution in [0.3, 0.4) is 0 Å². The van der Waals surface area contributed by atoms with Gasteiger partial charge in [-0.2, -0.15) is 0 Å². The lowest BCUT2D eigenvalue weighted by Crippen LogP contribution is -2.05. The van der Waals surface area contributed by atoms with Crippen LogP contribution in [0.2, 0.25) is 0 Å². The van der Waals surface area contributed by atoms with Gasteiger partial charge in [-0.1, -0.05) is 0 Å². The van der Waals surface area contributed by atoms with Crippen LogP contribution in [0.25, 0.3) is 0 Å². The van der Waals surface area contributed by atoms with Gasteiger partial charge in [0.1, 0.15) is 0 Å². The third kappa shape index (κ3) is 3.46. The molecular weight excluding hydrogens is 230 g/mol. The molecule has 0 saturated heterocycles. The number of hydrogen-bond acceptors (Lipinski definition) is 4. The Labute approximate surface area is 106 Å². The minimum absolute atomic E-state index is 0.803. The van der Waals surface area contributed by atoms with Crippen LogP contribution >= 0.6 is 11.3 Å². The Morgan fingerprint density at radius 1 is 1.29 bits per heavy atom. The van der Waals surface area contributed by atoms with E-state index in [0.717, 1.165) is 30.0 Å². The van der Waals surface area contributed by atoms with Gasteiger partial charge in [0.15, 0.2) is 0 Å². The Morgan fingerprint density at radius 2 is 2.12 bits per heavy atom. The maximum absolute atomic E-state index is 5.80. The first kappa shape index (κ1) is 11.9. The number of nitrogens with one attached hydrogen (secondary N) is 1. The summed E-state index contributed by atoms with van der Waals surface area (Å²) in [6.07, 6.45) is 0.951. The number of hydrogen-bond donors (Lipinski definition) is 2. The first-order valence-corrected chi connectivity index (χ1v) is 6.53. The Bertz CT molecular complexity index is 485. The Hall–Kier alpha value is -1.55. The van der Waals surface area contributed by atoms with Gasteiger partial charge in [0.2, 0.25) is 0 Å². The fraction of sp³-hybridized carbons (Fsp3) is 0.308. The van der Waals surface area contributed by atoms with Crippen molar-refractivity contribution in [3.63, 3.8) is 0 Å². The Balaban J connectivity index is 1.89. The lowest BCUT2D eigenvalue weighted by molar-refractivity contribution is 0.987. The van der Waals surface area contributed by atoms with E-state index in [1.807, 2.05) is 26.0 Å². The van der Waals surface area contributed by atoms with Gasteiger partial charge in [-0.15, -0.1) is 11.3 Å². The molecule has 90 valence electrons. The first-order valence-electron chi connectivity index (χ1n) is 5.65. The van der Waals surface area contributed by atoms with Crippen molar-refractivity contribution in [1.29, 1.82) is 0 Å². The molecule has 0 aliphatic carbocycles. The van der Waals surface area contributed by atoms with Crippen molar-refractivity contribution in [1.82, 2.24) is 4.98 Å². The molecule has 0 bridgehead atoms. The minimum atomic E-state index is 0.803. The molecule has 2 aromatic rings. The van der Waals surface area contributed by atoms with E-state index in [1.165, 1.54) is 10.6 Å². The number of aromatic nitrogens is 1. The molecule has 0 aliphatic heterocycles. The van der Waals surface area contributed by atoms with Crippen molar-refractivity contribution in [2.75, 3.05) is 17.6 Å². The zero-order valence-electron chi connectivity index (χ0n) is 10.2. The van der Waals surface area contributed by atoms with Crippen molar-refractivity contribution < 1.29 is 0 Å². The van der Waals surface area contributed by atoms with Gasteiger partial charge < -0.3 is 11.1 Å². The van der Waals surface area contributed by atoms with Crippen LogP contribution in [0.4, 0.5) is 11.4 Å². The average Bonchev–Trinajstić information content (AvgIpc) is 2.63. The summed E-state index contributed by atoms with van der Waals surface area (Å²) in [5.41, 5.74) is 9.96. The molecule has 2 rings (SSSR count). The van der Waals surface area contributed by atoms with Gasteiger partial charge in [-0.3, -0.25) is 0 Å². The third-order valence-electron chi connectivity index (χ3n) is 2.43. The SMILES string of the molecule is Cc1cc(N)cc(NCCc2nc(C)cs2)c1. The summed E-state index contributed by atoms with van der Waals surface area (Å²) >= 11 is 1.72. The van der Waals surface area contributed by atoms with E-state index in [2.05, 4.69) is 21.7 Å². The smallest absolute Gasteiger partial charge is 0.0945 e. The summed E-state index contributed by atoms with van der Waals surface area (Å²) in [6, 6.07) is 6.03. The van der Waals surface area contributed by atoms with E-state index in [9.17, 15) is 0 Å². The van der Waals surface area contributed by atoms with Gasteiger partial charge in [0.05, 0.1) is 5.01 Å². The molecule has 1 heterocycles. The normalized spacial score (nSPS) is 10.5. The molecular formula is C13H17N3S. The van der Waals surface area contributed by atoms with Crippen LogP contribution < -0.4 is 11.1 Å². The largest absolute Gasteiger partial charge is 0.399 e. The number of thiazole rings is 1. The monoisotopic (exact) mass is 247 g/mol. The zero-order valence-corrected chi connectivity index (χ0v) is 11.0. The maximum atomic E-state index is 5.80. The number of aryl methyl sites for hydroxylation is 2. The molecule has 0 atom stereocenters. The number of benzene rings is 1. The van der Waals surface area contributed by atoms with Crippen LogP contribution in [0.1, 0.15) is 16.3 Å². The molecule has 0 radical (unpaired) electrons. The highest BCUT2D eigenvalue weighted by Gasteiger charge is 1.99. The van der Waals surface area contributed by atoms with Crippen LogP contribution in [-0.2, 0) is 6.42 Å². The summed E-state index contributed by atoms with van der Waals surface area (Å²) < 4.78 is 0. The number of nitrogens with two attached hydrogens (primary N) is 1. The second kappa shape index (κ2) is 5.19. The van der Waals surface area contributed by atoms with Crippen LogP contribution in [0.5, 0.6) is 0 Å². The summed E-state index contributed by atoms with van der Waals surface area (Å²) in [7, 11) is 0. The fourth-order valence-electron chi connectivity index (χ4n) is 1.75. The summed E-state index contributed by atoms with van der Waals surface area (Å²) in [5.74, 6) is 0. The number of nitrogens with zero attached hydrogens (tertiary/aromatic N) is 1. The van der Waals surface area contributed by atoms with Crippen molar-refractivity contribution in [3.8, 4) is 0 Å². The van der Waals surface area contributed by atoms with Gasteiger partial charge in [0.25, 0.3) is 0 Å². The lowest BCUT2D eigenvalue weighted by Gasteiger charge is -2.07. The molecule has 0 fully saturated rings. The highest BCUT2D eigenvalue weighted by Crippen LogP contribution is 2.16. The van der Waals surface area contributed by atoms with E-state index in [0.29, 0.717) is 0 Å². The van der Waals surface area contributed by atoms with E-state index >= 15 is 0 Å². The summed E-state index contributed by atoms with van der Waals surface area (Å²) in [4.78, 5) is 4.43. The third-order valence-corrected chi connectivity index (χ3v) is 3.46. The minimum Gasteiger partial charge on any atom is -0.399 e. The van der Waals surface area contributed by atoms with E-state index in [1.54, 1.807) is 11.3 Å². The molecule has 3 N–H and O–H groups in total. The molecule has 1 aromatic carbocycles. The predicted molar refractivity (Wildman–Crippen MR) is 74.6 cm³/mol. The van der Waals surface area contributed by atoms with Crippen molar-refractivity contribution in [2.24, 2.45) is 0 Å². The molecule has 4 heteroatoms. The molecule has 17 heavy (non-hydrogen) atoms.